The molecule has 1 unspecified atom stereocenters. The number of ether oxygens (including phenoxy) is 3. The zero-order valence-corrected chi connectivity index (χ0v) is 30.4. The molecule has 2 aliphatic rings. The van der Waals surface area contributed by atoms with Crippen molar-refractivity contribution in [2.45, 2.75) is 56.8 Å². The monoisotopic (exact) mass is 764 g/mol. The van der Waals surface area contributed by atoms with Crippen LogP contribution in [0.4, 0.5) is 4.39 Å². The second kappa shape index (κ2) is 16.7. The van der Waals surface area contributed by atoms with Gasteiger partial charge in [-0.05, 0) is 48.2 Å². The highest BCUT2D eigenvalue weighted by Crippen LogP contribution is 2.46. The molecule has 1 fully saturated rings. The Hall–Kier alpha value is -4.48. The number of alkyl halides is 1. The summed E-state index contributed by atoms with van der Waals surface area (Å²) >= 11 is 13.6. The number of halogens is 3. The van der Waals surface area contributed by atoms with Gasteiger partial charge < -0.3 is 29.5 Å². The molecule has 1 saturated heterocycles. The van der Waals surface area contributed by atoms with Gasteiger partial charge in [-0.2, -0.15) is 5.26 Å². The highest BCUT2D eigenvalue weighted by molar-refractivity contribution is 6.35. The molecule has 1 aliphatic heterocycles. The molecule has 14 heteroatoms. The molecule has 1 aliphatic carbocycles. The van der Waals surface area contributed by atoms with Gasteiger partial charge in [0.1, 0.15) is 41.6 Å². The highest BCUT2D eigenvalue weighted by atomic mass is 35.5. The fraction of sp³-hybridized carbons (Fsp3) is 0.359. The number of aliphatic carboxylic acids is 1. The second-order valence-corrected chi connectivity index (χ2v) is 14.2. The minimum atomic E-state index is -1.65. The number of hydrogen-bond donors (Lipinski definition) is 4. The minimum Gasteiger partial charge on any atom is -0.492 e. The van der Waals surface area contributed by atoms with Crippen LogP contribution >= 0.6 is 23.2 Å². The fourth-order valence-corrected chi connectivity index (χ4v) is 6.88. The number of fused-ring (bicyclic) bond motifs is 1. The number of β-amino-alcohol motifs (C(OH)–C–C–N with tert-alkyl or cyclic N) is 1. The van der Waals surface area contributed by atoms with Crippen molar-refractivity contribution in [3.63, 3.8) is 0 Å². The topological polar surface area (TPSA) is 157 Å². The summed E-state index contributed by atoms with van der Waals surface area (Å²) in [4.78, 5) is 18.1. The van der Waals surface area contributed by atoms with E-state index in [1.807, 2.05) is 36.4 Å². The summed E-state index contributed by atoms with van der Waals surface area (Å²) in [6.07, 6.45) is 1.13. The zero-order valence-electron chi connectivity index (χ0n) is 28.9. The standard InChI is InChI=1S/C39H39Cl2FN4O7/c1-39(22-47,38(49)50)45-18-25-12-31(40)35(14-34(25)52-21-24-11-23(15-43)16-44-17-24)53-37-29-7-2-5-27(30(29)13-32(37)42)28-6-3-8-33(36(28)41)51-10-4-9-46-19-26(48)20-46/h2-3,5-8,11-12,14,16-17,26,32,37,45,47-48H,4,9-10,13,18-22H2,1H3,(H,49,50)/t32-,37+,39?/m0/s1. The fourth-order valence-electron chi connectivity index (χ4n) is 6.37. The number of nitrogens with one attached hydrogen (secondary N) is 1. The van der Waals surface area contributed by atoms with Gasteiger partial charge in [0.15, 0.2) is 6.10 Å². The molecule has 6 rings (SSSR count). The van der Waals surface area contributed by atoms with Crippen molar-refractivity contribution in [2.24, 2.45) is 0 Å². The average molecular weight is 766 g/mol. The van der Waals surface area contributed by atoms with Crippen LogP contribution in [0.3, 0.4) is 0 Å². The summed E-state index contributed by atoms with van der Waals surface area (Å²) in [7, 11) is 0. The summed E-state index contributed by atoms with van der Waals surface area (Å²) in [5, 5.41) is 41.6. The molecule has 3 atom stereocenters. The van der Waals surface area contributed by atoms with Gasteiger partial charge in [-0.25, -0.2) is 4.39 Å². The lowest BCUT2D eigenvalue weighted by atomic mass is 9.96. The molecular weight excluding hydrogens is 726 g/mol. The normalized spacial score (nSPS) is 18.1. The van der Waals surface area contributed by atoms with Crippen LogP contribution in [0.2, 0.25) is 10.0 Å². The number of carbonyl (C=O) groups is 1. The van der Waals surface area contributed by atoms with Crippen LogP contribution in [0.1, 0.15) is 47.3 Å². The molecule has 3 aromatic carbocycles. The molecule has 0 spiro atoms. The van der Waals surface area contributed by atoms with Crippen LogP contribution < -0.4 is 19.5 Å². The Balaban J connectivity index is 1.24. The van der Waals surface area contributed by atoms with Crippen molar-refractivity contribution in [1.29, 1.82) is 5.26 Å². The maximum atomic E-state index is 16.0. The van der Waals surface area contributed by atoms with Crippen LogP contribution in [0.15, 0.2) is 67.0 Å². The summed E-state index contributed by atoms with van der Waals surface area (Å²) in [5.41, 5.74) is 2.61. The largest absolute Gasteiger partial charge is 0.492 e. The Labute approximate surface area is 316 Å². The first-order valence-electron chi connectivity index (χ1n) is 17.1. The first kappa shape index (κ1) is 38.3. The second-order valence-electron chi connectivity index (χ2n) is 13.4. The van der Waals surface area contributed by atoms with E-state index in [2.05, 4.69) is 15.2 Å². The zero-order chi connectivity index (χ0) is 37.7. The number of aliphatic hydroxyl groups excluding tert-OH is 2. The highest BCUT2D eigenvalue weighted by Gasteiger charge is 2.37. The Morgan fingerprint density at radius 2 is 1.87 bits per heavy atom. The van der Waals surface area contributed by atoms with Gasteiger partial charge in [0.05, 0.1) is 34.9 Å². The number of likely N-dealkylation sites (tertiary alicyclic amines) is 1. The van der Waals surface area contributed by atoms with Crippen molar-refractivity contribution < 1.29 is 38.7 Å². The molecule has 4 N–H and O–H groups in total. The summed E-state index contributed by atoms with van der Waals surface area (Å²) in [6.45, 7) is 3.25. The predicted octanol–water partition coefficient (Wildman–Crippen LogP) is 5.89. The first-order valence-corrected chi connectivity index (χ1v) is 17.9. The molecule has 2 heterocycles. The van der Waals surface area contributed by atoms with E-state index in [-0.39, 0.29) is 42.2 Å². The van der Waals surface area contributed by atoms with E-state index in [0.717, 1.165) is 24.1 Å². The number of rotatable bonds is 16. The molecule has 0 bridgehead atoms. The smallest absolute Gasteiger partial charge is 0.326 e. The van der Waals surface area contributed by atoms with E-state index in [4.69, 9.17) is 37.4 Å². The van der Waals surface area contributed by atoms with Gasteiger partial charge >= 0.3 is 5.97 Å². The quantitative estimate of drug-likeness (QED) is 0.101. The number of aliphatic hydroxyl groups is 2. The number of carboxylic acid groups (broad SMARTS) is 1. The maximum Gasteiger partial charge on any atom is 0.326 e. The Kier molecular flexibility index (Phi) is 12.0. The first-order chi connectivity index (χ1) is 25.5. The summed E-state index contributed by atoms with van der Waals surface area (Å²) < 4.78 is 34.5. The van der Waals surface area contributed by atoms with Crippen molar-refractivity contribution in [1.82, 2.24) is 15.2 Å². The van der Waals surface area contributed by atoms with Crippen molar-refractivity contribution in [3.05, 3.63) is 105 Å². The Morgan fingerprint density at radius 1 is 1.09 bits per heavy atom. The maximum absolute atomic E-state index is 16.0. The van der Waals surface area contributed by atoms with Gasteiger partial charge in [-0.15, -0.1) is 0 Å². The van der Waals surface area contributed by atoms with E-state index in [0.29, 0.717) is 58.3 Å². The molecule has 1 aromatic heterocycles. The third-order valence-electron chi connectivity index (χ3n) is 9.46. The molecule has 278 valence electrons. The van der Waals surface area contributed by atoms with Crippen LogP contribution in [0.5, 0.6) is 17.2 Å². The lowest BCUT2D eigenvalue weighted by Gasteiger charge is -2.35. The molecule has 0 saturated carbocycles. The van der Waals surface area contributed by atoms with E-state index in [1.165, 1.54) is 19.2 Å². The minimum absolute atomic E-state index is 0.000263. The van der Waals surface area contributed by atoms with E-state index in [9.17, 15) is 25.4 Å². The van der Waals surface area contributed by atoms with Crippen molar-refractivity contribution in [3.8, 4) is 34.4 Å². The van der Waals surface area contributed by atoms with Crippen LogP contribution in [-0.4, -0.2) is 81.8 Å². The van der Waals surface area contributed by atoms with Crippen LogP contribution in [0, 0.1) is 11.3 Å². The van der Waals surface area contributed by atoms with Crippen LogP contribution in [0.25, 0.3) is 11.1 Å². The third kappa shape index (κ3) is 8.68. The van der Waals surface area contributed by atoms with E-state index >= 15 is 4.39 Å². The molecule has 53 heavy (non-hydrogen) atoms. The van der Waals surface area contributed by atoms with Crippen LogP contribution in [-0.2, 0) is 24.4 Å². The van der Waals surface area contributed by atoms with Crippen molar-refractivity contribution in [2.75, 3.05) is 32.8 Å². The van der Waals surface area contributed by atoms with Gasteiger partial charge in [-0.1, -0.05) is 53.5 Å². The molecule has 11 nitrogen and oxygen atoms in total. The SMILES string of the molecule is CC(CO)(NCc1cc(Cl)c(O[C@@H]2c3cccc(-c4cccc(OCCCN5CC(O)C5)c4Cl)c3C[C@@H]2F)cc1OCc1cncc(C#N)c1)C(=O)O. The number of pyridine rings is 1. The number of benzene rings is 3. The number of nitrogens with zero attached hydrogens (tertiary/aromatic N) is 3. The number of nitriles is 1. The lowest BCUT2D eigenvalue weighted by molar-refractivity contribution is -0.145. The lowest BCUT2D eigenvalue weighted by Crippen LogP contribution is -2.52. The van der Waals surface area contributed by atoms with Gasteiger partial charge in [0.2, 0.25) is 0 Å². The van der Waals surface area contributed by atoms with Gasteiger partial charge in [0.25, 0.3) is 0 Å². The molecular formula is C39H39Cl2FN4O7. The van der Waals surface area contributed by atoms with Gasteiger partial charge in [0, 0.05) is 67.8 Å². The average Bonchev–Trinajstić information content (AvgIpc) is 3.46. The van der Waals surface area contributed by atoms with E-state index in [1.54, 1.807) is 24.4 Å². The summed E-state index contributed by atoms with van der Waals surface area (Å²) in [5.74, 6) is -0.316. The van der Waals surface area contributed by atoms with Gasteiger partial charge in [-0.3, -0.25) is 20.0 Å². The van der Waals surface area contributed by atoms with E-state index < -0.39 is 30.4 Å². The number of aromatic nitrogens is 1. The molecule has 4 aromatic rings. The predicted molar refractivity (Wildman–Crippen MR) is 196 cm³/mol. The number of hydrogen-bond acceptors (Lipinski definition) is 10. The van der Waals surface area contributed by atoms with Crippen molar-refractivity contribution >= 4 is 29.2 Å². The molecule has 0 amide bonds. The Bertz CT molecular complexity index is 2010. The Morgan fingerprint density at radius 3 is 2.60 bits per heavy atom. The third-order valence-corrected chi connectivity index (χ3v) is 10.1. The number of carboxylic acids is 1. The summed E-state index contributed by atoms with van der Waals surface area (Å²) in [6, 6.07) is 17.8. The molecule has 0 radical (unpaired) electrons.